The van der Waals surface area contributed by atoms with Gasteiger partial charge in [-0.15, -0.1) is 0 Å². The first-order valence-electron chi connectivity index (χ1n) is 10.2. The lowest BCUT2D eigenvalue weighted by Crippen LogP contribution is -2.47. The van der Waals surface area contributed by atoms with Crippen LogP contribution in [0.4, 0.5) is 11.4 Å². The Morgan fingerprint density at radius 2 is 1.33 bits per heavy atom. The summed E-state index contributed by atoms with van der Waals surface area (Å²) >= 11 is 6.32. The molecule has 0 saturated carbocycles. The van der Waals surface area contributed by atoms with Gasteiger partial charge in [0, 0.05) is 12.7 Å². The molecule has 166 valence electrons. The van der Waals surface area contributed by atoms with Crippen LogP contribution >= 0.6 is 11.6 Å². The van der Waals surface area contributed by atoms with Crippen LogP contribution in [0.15, 0.2) is 78.9 Å². The van der Waals surface area contributed by atoms with Gasteiger partial charge >= 0.3 is 0 Å². The number of carbonyl (C=O) groups is 4. The predicted molar refractivity (Wildman–Crippen MR) is 125 cm³/mol. The fourth-order valence-corrected chi connectivity index (χ4v) is 3.86. The van der Waals surface area contributed by atoms with Gasteiger partial charge in [-0.1, -0.05) is 54.1 Å². The lowest BCUT2D eigenvalue weighted by Gasteiger charge is -2.27. The van der Waals surface area contributed by atoms with E-state index in [1.54, 1.807) is 79.8 Å². The molecule has 0 spiro atoms. The second-order valence-corrected chi connectivity index (χ2v) is 7.87. The summed E-state index contributed by atoms with van der Waals surface area (Å²) in [5, 5.41) is 0.267. The molecule has 8 heteroatoms. The number of rotatable bonds is 6. The van der Waals surface area contributed by atoms with Crippen LogP contribution in [-0.4, -0.2) is 48.7 Å². The third kappa shape index (κ3) is 4.36. The topological polar surface area (TPSA) is 78.0 Å². The van der Waals surface area contributed by atoms with Gasteiger partial charge in [-0.05, 0) is 36.4 Å². The fraction of sp³-hybridized carbons (Fsp3) is 0.120. The monoisotopic (exact) mass is 461 g/mol. The lowest BCUT2D eigenvalue weighted by molar-refractivity contribution is -0.122. The highest BCUT2D eigenvalue weighted by molar-refractivity contribution is 6.34. The number of benzene rings is 3. The molecule has 0 radical (unpaired) electrons. The highest BCUT2D eigenvalue weighted by Crippen LogP contribution is 2.27. The Labute approximate surface area is 195 Å². The van der Waals surface area contributed by atoms with Crippen LogP contribution in [0.25, 0.3) is 0 Å². The minimum Gasteiger partial charge on any atom is -0.314 e. The Balaban J connectivity index is 1.60. The first-order valence-corrected chi connectivity index (χ1v) is 10.6. The molecule has 4 rings (SSSR count). The van der Waals surface area contributed by atoms with Crippen LogP contribution < -0.4 is 9.80 Å². The molecule has 0 aliphatic carbocycles. The quantitative estimate of drug-likeness (QED) is 0.525. The summed E-state index contributed by atoms with van der Waals surface area (Å²) in [5.74, 6) is -2.06. The van der Waals surface area contributed by atoms with Gasteiger partial charge in [-0.25, -0.2) is 0 Å². The molecular formula is C25H20ClN3O4. The average molecular weight is 462 g/mol. The van der Waals surface area contributed by atoms with Gasteiger partial charge in [0.1, 0.15) is 13.1 Å². The Morgan fingerprint density at radius 1 is 0.788 bits per heavy atom. The Morgan fingerprint density at radius 3 is 1.94 bits per heavy atom. The van der Waals surface area contributed by atoms with Crippen LogP contribution in [0.5, 0.6) is 0 Å². The van der Waals surface area contributed by atoms with Crippen LogP contribution in [-0.2, 0) is 9.59 Å². The van der Waals surface area contributed by atoms with Gasteiger partial charge in [-0.3, -0.25) is 29.0 Å². The number of para-hydroxylation sites is 2. The Bertz CT molecular complexity index is 1210. The molecule has 1 heterocycles. The van der Waals surface area contributed by atoms with E-state index in [-0.39, 0.29) is 28.6 Å². The molecule has 0 aromatic heterocycles. The van der Waals surface area contributed by atoms with Crippen molar-refractivity contribution in [2.75, 3.05) is 29.9 Å². The maximum atomic E-state index is 13.3. The van der Waals surface area contributed by atoms with Crippen molar-refractivity contribution < 1.29 is 19.2 Å². The van der Waals surface area contributed by atoms with Crippen molar-refractivity contribution in [1.82, 2.24) is 4.90 Å². The molecular weight excluding hydrogens is 442 g/mol. The van der Waals surface area contributed by atoms with Crippen LogP contribution in [0.1, 0.15) is 20.7 Å². The summed E-state index contributed by atoms with van der Waals surface area (Å²) in [6.45, 7) is -0.836. The summed E-state index contributed by atoms with van der Waals surface area (Å²) in [6.07, 6.45) is 0. The summed E-state index contributed by atoms with van der Waals surface area (Å²) in [5.41, 5.74) is 1.48. The van der Waals surface area contributed by atoms with Crippen LogP contribution in [0, 0.1) is 0 Å². The molecule has 33 heavy (non-hydrogen) atoms. The predicted octanol–water partition coefficient (Wildman–Crippen LogP) is 3.63. The van der Waals surface area contributed by atoms with E-state index in [4.69, 9.17) is 11.6 Å². The summed E-state index contributed by atoms with van der Waals surface area (Å²) in [4.78, 5) is 55.3. The van der Waals surface area contributed by atoms with E-state index in [9.17, 15) is 19.2 Å². The number of hydrogen-bond acceptors (Lipinski definition) is 4. The first kappa shape index (κ1) is 22.2. The van der Waals surface area contributed by atoms with Crippen molar-refractivity contribution in [3.05, 3.63) is 95.0 Å². The van der Waals surface area contributed by atoms with E-state index < -0.39 is 24.3 Å². The zero-order chi connectivity index (χ0) is 23.5. The molecule has 3 aromatic carbocycles. The minimum atomic E-state index is -0.604. The van der Waals surface area contributed by atoms with Crippen molar-refractivity contribution >= 4 is 46.6 Å². The molecule has 1 aliphatic heterocycles. The third-order valence-electron chi connectivity index (χ3n) is 5.43. The third-order valence-corrected chi connectivity index (χ3v) is 5.75. The molecule has 0 bridgehead atoms. The Kier molecular flexibility index (Phi) is 6.24. The van der Waals surface area contributed by atoms with Crippen molar-refractivity contribution in [1.29, 1.82) is 0 Å². The number of imide groups is 1. The number of amides is 4. The maximum absolute atomic E-state index is 13.3. The van der Waals surface area contributed by atoms with Crippen molar-refractivity contribution in [2.24, 2.45) is 0 Å². The lowest BCUT2D eigenvalue weighted by atomic mass is 10.1. The number of likely N-dealkylation sites (N-methyl/N-ethyl adjacent to an activating group) is 1. The summed E-state index contributed by atoms with van der Waals surface area (Å²) in [7, 11) is 1.61. The summed E-state index contributed by atoms with van der Waals surface area (Å²) in [6, 6.07) is 22.0. The van der Waals surface area contributed by atoms with Gasteiger partial charge in [-0.2, -0.15) is 0 Å². The Hall–Kier alpha value is -3.97. The van der Waals surface area contributed by atoms with Gasteiger partial charge in [0.2, 0.25) is 11.8 Å². The van der Waals surface area contributed by atoms with Crippen molar-refractivity contribution in [3.63, 3.8) is 0 Å². The molecule has 0 unspecified atom stereocenters. The van der Waals surface area contributed by atoms with Crippen molar-refractivity contribution in [2.45, 2.75) is 0 Å². The molecule has 0 fully saturated rings. The second kappa shape index (κ2) is 9.26. The van der Waals surface area contributed by atoms with E-state index in [1.165, 1.54) is 9.80 Å². The minimum absolute atomic E-state index is 0.250. The molecule has 3 aromatic rings. The number of nitrogens with zero attached hydrogens (tertiary/aromatic N) is 3. The fourth-order valence-electron chi connectivity index (χ4n) is 3.62. The zero-order valence-corrected chi connectivity index (χ0v) is 18.5. The molecule has 0 atom stereocenters. The van der Waals surface area contributed by atoms with E-state index in [0.717, 1.165) is 4.90 Å². The molecule has 0 saturated heterocycles. The number of hydrogen-bond donors (Lipinski definition) is 0. The zero-order valence-electron chi connectivity index (χ0n) is 17.8. The number of fused-ring (bicyclic) bond motifs is 1. The summed E-state index contributed by atoms with van der Waals surface area (Å²) < 4.78 is 0. The second-order valence-electron chi connectivity index (χ2n) is 7.46. The molecule has 4 amide bonds. The first-order chi connectivity index (χ1) is 15.9. The number of carbonyl (C=O) groups excluding carboxylic acids is 4. The van der Waals surface area contributed by atoms with Crippen LogP contribution in [0.2, 0.25) is 5.02 Å². The SMILES string of the molecule is CN(C(=O)CN(C(=O)CN1C(=O)c2ccccc2C1=O)c1ccccc1Cl)c1ccccc1. The highest BCUT2D eigenvalue weighted by Gasteiger charge is 2.37. The van der Waals surface area contributed by atoms with E-state index in [2.05, 4.69) is 0 Å². The number of halogens is 1. The van der Waals surface area contributed by atoms with Gasteiger partial charge in [0.05, 0.1) is 21.8 Å². The highest BCUT2D eigenvalue weighted by atomic mass is 35.5. The molecule has 0 N–H and O–H groups in total. The maximum Gasteiger partial charge on any atom is 0.262 e. The smallest absolute Gasteiger partial charge is 0.262 e. The normalized spacial score (nSPS) is 12.5. The van der Waals surface area contributed by atoms with Gasteiger partial charge in [0.25, 0.3) is 11.8 Å². The number of anilines is 2. The largest absolute Gasteiger partial charge is 0.314 e. The molecule has 7 nitrogen and oxygen atoms in total. The van der Waals surface area contributed by atoms with Crippen LogP contribution in [0.3, 0.4) is 0 Å². The van der Waals surface area contributed by atoms with Gasteiger partial charge in [0.15, 0.2) is 0 Å². The van der Waals surface area contributed by atoms with E-state index in [1.807, 2.05) is 6.07 Å². The van der Waals surface area contributed by atoms with Crippen molar-refractivity contribution in [3.8, 4) is 0 Å². The van der Waals surface area contributed by atoms with E-state index in [0.29, 0.717) is 11.4 Å². The average Bonchev–Trinajstić information content (AvgIpc) is 3.08. The standard InChI is InChI=1S/C25H20ClN3O4/c1-27(17-9-3-2-4-10-17)22(30)15-28(21-14-8-7-13-20(21)26)23(31)16-29-24(32)18-11-5-6-12-19(18)25(29)33/h2-14H,15-16H2,1H3. The molecule has 1 aliphatic rings. The van der Waals surface area contributed by atoms with Gasteiger partial charge < -0.3 is 4.90 Å². The van der Waals surface area contributed by atoms with E-state index >= 15 is 0 Å².